The van der Waals surface area contributed by atoms with Crippen molar-refractivity contribution in [2.45, 2.75) is 6.42 Å². The third-order valence-corrected chi connectivity index (χ3v) is 3.70. The Morgan fingerprint density at radius 3 is 2.83 bits per heavy atom. The highest BCUT2D eigenvalue weighted by Gasteiger charge is 2.35. The molecule has 1 heterocycles. The van der Waals surface area contributed by atoms with Gasteiger partial charge < -0.3 is 10.0 Å². The van der Waals surface area contributed by atoms with Gasteiger partial charge in [-0.1, -0.05) is 6.07 Å². The van der Waals surface area contributed by atoms with Gasteiger partial charge in [-0.25, -0.2) is 0 Å². The van der Waals surface area contributed by atoms with Gasteiger partial charge in [0.15, 0.2) is 0 Å². The summed E-state index contributed by atoms with van der Waals surface area (Å²) in [6.45, 7) is 0.141. The number of rotatable bonds is 2. The number of carboxylic acid groups (broad SMARTS) is 1. The number of anilines is 1. The number of aliphatic carboxylic acids is 1. The lowest BCUT2D eigenvalue weighted by Crippen LogP contribution is -2.26. The molecule has 1 fully saturated rings. The summed E-state index contributed by atoms with van der Waals surface area (Å²) in [6.07, 6.45) is -0.00143. The molecule has 0 bridgehead atoms. The maximum absolute atomic E-state index is 11.8. The molecule has 2 rings (SSSR count). The molecule has 1 aromatic carbocycles. The lowest BCUT2D eigenvalue weighted by Gasteiger charge is -2.18. The molecule has 5 nitrogen and oxygen atoms in total. The monoisotopic (exact) mass is 308 g/mol. The van der Waals surface area contributed by atoms with Gasteiger partial charge in [0.2, 0.25) is 5.91 Å². The van der Waals surface area contributed by atoms with E-state index in [0.29, 0.717) is 15.7 Å². The first-order valence-corrected chi connectivity index (χ1v) is 6.05. The van der Waals surface area contributed by atoms with Crippen LogP contribution in [0.5, 0.6) is 0 Å². The lowest BCUT2D eigenvalue weighted by molar-refractivity contribution is -0.141. The SMILES string of the molecule is N#Cc1cccc(N2CC(C(=O)O)CC2=O)c1Br. The predicted octanol–water partition coefficient (Wildman–Crippen LogP) is 1.76. The van der Waals surface area contributed by atoms with Gasteiger partial charge in [0, 0.05) is 13.0 Å². The third kappa shape index (κ3) is 2.09. The van der Waals surface area contributed by atoms with Crippen LogP contribution < -0.4 is 4.90 Å². The maximum Gasteiger partial charge on any atom is 0.308 e. The zero-order valence-electron chi connectivity index (χ0n) is 9.26. The molecule has 0 radical (unpaired) electrons. The first-order valence-electron chi connectivity index (χ1n) is 5.26. The minimum atomic E-state index is -0.974. The number of nitrogens with zero attached hydrogens (tertiary/aromatic N) is 2. The molecule has 1 atom stereocenters. The molecule has 1 N–H and O–H groups in total. The maximum atomic E-state index is 11.8. The molecule has 0 aliphatic carbocycles. The molecule has 92 valence electrons. The summed E-state index contributed by atoms with van der Waals surface area (Å²) in [4.78, 5) is 24.1. The quantitative estimate of drug-likeness (QED) is 0.902. The van der Waals surface area contributed by atoms with E-state index in [1.807, 2.05) is 6.07 Å². The Morgan fingerprint density at radius 1 is 1.56 bits per heavy atom. The molecular weight excluding hydrogens is 300 g/mol. The van der Waals surface area contributed by atoms with Crippen LogP contribution in [0.1, 0.15) is 12.0 Å². The second-order valence-electron chi connectivity index (χ2n) is 3.99. The van der Waals surface area contributed by atoms with E-state index in [-0.39, 0.29) is 18.9 Å². The van der Waals surface area contributed by atoms with Crippen LogP contribution in [0.2, 0.25) is 0 Å². The van der Waals surface area contributed by atoms with E-state index in [9.17, 15) is 9.59 Å². The fourth-order valence-corrected chi connectivity index (χ4v) is 2.49. The third-order valence-electron chi connectivity index (χ3n) is 2.86. The smallest absolute Gasteiger partial charge is 0.308 e. The number of hydrogen-bond donors (Lipinski definition) is 1. The molecule has 6 heteroatoms. The molecule has 1 saturated heterocycles. The summed E-state index contributed by atoms with van der Waals surface area (Å²) >= 11 is 3.27. The Labute approximate surface area is 112 Å². The van der Waals surface area contributed by atoms with Crippen molar-refractivity contribution >= 4 is 33.5 Å². The number of carbonyl (C=O) groups is 2. The van der Waals surface area contributed by atoms with Gasteiger partial charge in [-0.15, -0.1) is 0 Å². The fourth-order valence-electron chi connectivity index (χ4n) is 1.92. The van der Waals surface area contributed by atoms with Crippen LogP contribution in [-0.4, -0.2) is 23.5 Å². The van der Waals surface area contributed by atoms with Gasteiger partial charge in [0.25, 0.3) is 0 Å². The molecule has 1 aromatic rings. The van der Waals surface area contributed by atoms with Gasteiger partial charge >= 0.3 is 5.97 Å². The van der Waals surface area contributed by atoms with Crippen molar-refractivity contribution in [3.63, 3.8) is 0 Å². The molecular formula is C12H9BrN2O3. The van der Waals surface area contributed by atoms with Crippen molar-refractivity contribution in [3.05, 3.63) is 28.2 Å². The number of carboxylic acids is 1. The Hall–Kier alpha value is -1.87. The van der Waals surface area contributed by atoms with Crippen molar-refractivity contribution in [1.29, 1.82) is 5.26 Å². The van der Waals surface area contributed by atoms with Crippen LogP contribution >= 0.6 is 15.9 Å². The zero-order valence-corrected chi connectivity index (χ0v) is 10.8. The van der Waals surface area contributed by atoms with Gasteiger partial charge in [-0.2, -0.15) is 5.26 Å². The van der Waals surface area contributed by atoms with Crippen molar-refractivity contribution in [3.8, 4) is 6.07 Å². The average molecular weight is 309 g/mol. The normalized spacial score (nSPS) is 18.8. The fraction of sp³-hybridized carbons (Fsp3) is 0.250. The van der Waals surface area contributed by atoms with Crippen LogP contribution in [-0.2, 0) is 9.59 Å². The molecule has 1 unspecified atom stereocenters. The first kappa shape index (κ1) is 12.6. The van der Waals surface area contributed by atoms with Crippen LogP contribution in [0.15, 0.2) is 22.7 Å². The number of carbonyl (C=O) groups excluding carboxylic acids is 1. The lowest BCUT2D eigenvalue weighted by atomic mass is 10.1. The second kappa shape index (κ2) is 4.78. The Balaban J connectivity index is 2.36. The van der Waals surface area contributed by atoms with Crippen molar-refractivity contribution in [2.24, 2.45) is 5.92 Å². The molecule has 18 heavy (non-hydrogen) atoms. The number of benzene rings is 1. The highest BCUT2D eigenvalue weighted by Crippen LogP contribution is 2.33. The Kier molecular flexibility index (Phi) is 3.34. The molecule has 0 saturated carbocycles. The Bertz CT molecular complexity index is 565. The summed E-state index contributed by atoms with van der Waals surface area (Å²) in [6, 6.07) is 6.99. The highest BCUT2D eigenvalue weighted by molar-refractivity contribution is 9.10. The van der Waals surface area contributed by atoms with Gasteiger partial charge in [0.1, 0.15) is 6.07 Å². The van der Waals surface area contributed by atoms with Gasteiger partial charge in [-0.3, -0.25) is 9.59 Å². The largest absolute Gasteiger partial charge is 0.481 e. The highest BCUT2D eigenvalue weighted by atomic mass is 79.9. The number of hydrogen-bond acceptors (Lipinski definition) is 3. The summed E-state index contributed by atoms with van der Waals surface area (Å²) in [5.41, 5.74) is 0.960. The van der Waals surface area contributed by atoms with E-state index >= 15 is 0 Å². The minimum absolute atomic E-state index is 0.00143. The molecule has 0 aromatic heterocycles. The van der Waals surface area contributed by atoms with Crippen LogP contribution in [0, 0.1) is 17.2 Å². The van der Waals surface area contributed by atoms with Crippen molar-refractivity contribution in [1.82, 2.24) is 0 Å². The van der Waals surface area contributed by atoms with E-state index in [4.69, 9.17) is 10.4 Å². The van der Waals surface area contributed by atoms with Gasteiger partial charge in [0.05, 0.1) is 21.6 Å². The molecule has 1 aliphatic rings. The van der Waals surface area contributed by atoms with Crippen molar-refractivity contribution in [2.75, 3.05) is 11.4 Å². The topological polar surface area (TPSA) is 81.4 Å². The van der Waals surface area contributed by atoms with E-state index < -0.39 is 11.9 Å². The standard InChI is InChI=1S/C12H9BrN2O3/c13-11-7(5-14)2-1-3-9(11)15-6-8(12(17)18)4-10(15)16/h1-3,8H,4,6H2,(H,17,18). The number of halogens is 1. The minimum Gasteiger partial charge on any atom is -0.481 e. The van der Waals surface area contributed by atoms with Gasteiger partial charge in [-0.05, 0) is 28.1 Å². The molecule has 1 aliphatic heterocycles. The zero-order chi connectivity index (χ0) is 13.3. The second-order valence-corrected chi connectivity index (χ2v) is 4.79. The summed E-state index contributed by atoms with van der Waals surface area (Å²) in [5.74, 6) is -1.90. The van der Waals surface area contributed by atoms with E-state index in [1.165, 1.54) is 4.90 Å². The summed E-state index contributed by atoms with van der Waals surface area (Å²) in [5, 5.41) is 17.8. The van der Waals surface area contributed by atoms with E-state index in [1.54, 1.807) is 18.2 Å². The summed E-state index contributed by atoms with van der Waals surface area (Å²) < 4.78 is 0.520. The summed E-state index contributed by atoms with van der Waals surface area (Å²) in [7, 11) is 0. The van der Waals surface area contributed by atoms with Crippen LogP contribution in [0.25, 0.3) is 0 Å². The molecule has 0 spiro atoms. The first-order chi connectivity index (χ1) is 8.54. The Morgan fingerprint density at radius 2 is 2.28 bits per heavy atom. The van der Waals surface area contributed by atoms with E-state index in [0.717, 1.165) is 0 Å². The number of nitriles is 1. The number of amides is 1. The van der Waals surface area contributed by atoms with Crippen molar-refractivity contribution < 1.29 is 14.7 Å². The average Bonchev–Trinajstić information content (AvgIpc) is 2.72. The van der Waals surface area contributed by atoms with Crippen LogP contribution in [0.3, 0.4) is 0 Å². The predicted molar refractivity (Wildman–Crippen MR) is 67.0 cm³/mol. The van der Waals surface area contributed by atoms with E-state index in [2.05, 4.69) is 15.9 Å². The van der Waals surface area contributed by atoms with Crippen LogP contribution in [0.4, 0.5) is 5.69 Å². The molecule has 1 amide bonds.